The van der Waals surface area contributed by atoms with E-state index in [2.05, 4.69) is 53.3 Å². The van der Waals surface area contributed by atoms with Crippen molar-refractivity contribution in [3.8, 4) is 23.0 Å². The largest absolute Gasteiger partial charge is 0.508 e. The fraction of sp³-hybridized carbons (Fsp3) is 0.500. The zero-order valence-electron chi connectivity index (χ0n) is 31.6. The lowest BCUT2D eigenvalue weighted by Crippen LogP contribution is -2.27. The lowest BCUT2D eigenvalue weighted by Gasteiger charge is -2.32. The number of phenolic OH excluding ortho intramolecular Hbond substituents is 2. The summed E-state index contributed by atoms with van der Waals surface area (Å²) >= 11 is 0. The summed E-state index contributed by atoms with van der Waals surface area (Å²) in [6, 6.07) is 7.00. The number of esters is 2. The van der Waals surface area contributed by atoms with E-state index in [1.165, 1.54) is 11.1 Å². The molecule has 1 aliphatic carbocycles. The molecule has 2 aromatic carbocycles. The molecule has 0 aliphatic heterocycles. The van der Waals surface area contributed by atoms with Gasteiger partial charge in [0.1, 0.15) is 23.0 Å². The molecule has 2 N–H and O–H groups in total. The molecular formula is C44H60O6. The van der Waals surface area contributed by atoms with E-state index in [1.54, 1.807) is 24.3 Å². The molecular weight excluding hydrogens is 624 g/mol. The average Bonchev–Trinajstić information content (AvgIpc) is 3.04. The van der Waals surface area contributed by atoms with Crippen molar-refractivity contribution in [3.63, 3.8) is 0 Å². The fourth-order valence-electron chi connectivity index (χ4n) is 6.67. The molecule has 0 saturated heterocycles. The Labute approximate surface area is 301 Å². The summed E-state index contributed by atoms with van der Waals surface area (Å²) in [6.45, 7) is 18.7. The predicted octanol–water partition coefficient (Wildman–Crippen LogP) is 11.3. The van der Waals surface area contributed by atoms with Crippen molar-refractivity contribution in [2.75, 3.05) is 0 Å². The third kappa shape index (κ3) is 12.1. The van der Waals surface area contributed by atoms with Crippen molar-refractivity contribution in [2.45, 2.75) is 138 Å². The predicted molar refractivity (Wildman–Crippen MR) is 204 cm³/mol. The number of carbonyl (C=O) groups is 2. The first-order valence-electron chi connectivity index (χ1n) is 18.6. The summed E-state index contributed by atoms with van der Waals surface area (Å²) in [5.74, 6) is -2.22. The Morgan fingerprint density at radius 2 is 1.42 bits per heavy atom. The highest BCUT2D eigenvalue weighted by Crippen LogP contribution is 2.47. The highest BCUT2D eigenvalue weighted by molar-refractivity contribution is 6.31. The molecule has 0 fully saturated rings. The molecule has 0 unspecified atom stereocenters. The Bertz CT molecular complexity index is 1590. The van der Waals surface area contributed by atoms with Gasteiger partial charge in [-0.1, -0.05) is 86.6 Å². The second-order valence-electron chi connectivity index (χ2n) is 14.4. The number of rotatable bonds is 17. The SMILES string of the molecule is C=C(C)[C@@H]1CCC(C)=C[C@H]1c1c(O)cc(CCCCC)cc1OC(=O)C(=O)Oc1cc(CCCCC)cc(O)c1C/C=C(\C)CCC=C(C)C. The number of benzene rings is 2. The Hall–Kier alpha value is -4.06. The summed E-state index contributed by atoms with van der Waals surface area (Å²) < 4.78 is 11.6. The highest BCUT2D eigenvalue weighted by atomic mass is 16.6. The molecule has 2 atom stereocenters. The Balaban J connectivity index is 1.97. The van der Waals surface area contributed by atoms with Crippen LogP contribution >= 0.6 is 0 Å². The topological polar surface area (TPSA) is 93.1 Å². The smallest absolute Gasteiger partial charge is 0.423 e. The monoisotopic (exact) mass is 684 g/mol. The molecule has 0 saturated carbocycles. The van der Waals surface area contributed by atoms with E-state index in [0.717, 1.165) is 86.5 Å². The first-order valence-corrected chi connectivity index (χ1v) is 18.6. The summed E-state index contributed by atoms with van der Waals surface area (Å²) in [4.78, 5) is 27.1. The van der Waals surface area contributed by atoms with E-state index in [9.17, 15) is 19.8 Å². The van der Waals surface area contributed by atoms with Crippen molar-refractivity contribution in [1.82, 2.24) is 0 Å². The lowest BCUT2D eigenvalue weighted by molar-refractivity contribution is -0.156. The molecule has 0 spiro atoms. The first-order chi connectivity index (χ1) is 23.8. The van der Waals surface area contributed by atoms with E-state index in [1.807, 2.05) is 19.9 Å². The summed E-state index contributed by atoms with van der Waals surface area (Å²) in [6.07, 6.45) is 17.7. The number of ether oxygens (including phenoxy) is 2. The van der Waals surface area contributed by atoms with Crippen LogP contribution in [0.4, 0.5) is 0 Å². The number of carbonyl (C=O) groups excluding carboxylic acids is 2. The van der Waals surface area contributed by atoms with Crippen LogP contribution in [0.1, 0.15) is 141 Å². The average molecular weight is 685 g/mol. The van der Waals surface area contributed by atoms with E-state index in [0.29, 0.717) is 30.4 Å². The second-order valence-corrected chi connectivity index (χ2v) is 14.4. The molecule has 50 heavy (non-hydrogen) atoms. The lowest BCUT2D eigenvalue weighted by atomic mass is 9.73. The molecule has 272 valence electrons. The third-order valence-corrected chi connectivity index (χ3v) is 9.59. The van der Waals surface area contributed by atoms with Gasteiger partial charge in [0.15, 0.2) is 0 Å². The molecule has 0 aromatic heterocycles. The number of unbranched alkanes of at least 4 members (excludes halogenated alkanes) is 4. The van der Waals surface area contributed by atoms with Crippen LogP contribution in [0.25, 0.3) is 0 Å². The molecule has 6 nitrogen and oxygen atoms in total. The number of aromatic hydroxyl groups is 2. The Kier molecular flexibility index (Phi) is 16.1. The zero-order valence-corrected chi connectivity index (χ0v) is 31.6. The molecule has 0 bridgehead atoms. The quantitative estimate of drug-likeness (QED) is 0.0566. The Morgan fingerprint density at radius 1 is 0.840 bits per heavy atom. The van der Waals surface area contributed by atoms with E-state index < -0.39 is 11.9 Å². The van der Waals surface area contributed by atoms with E-state index in [-0.39, 0.29) is 34.8 Å². The highest BCUT2D eigenvalue weighted by Gasteiger charge is 2.32. The van der Waals surface area contributed by atoms with Crippen molar-refractivity contribution < 1.29 is 29.3 Å². The van der Waals surface area contributed by atoms with Crippen molar-refractivity contribution in [1.29, 1.82) is 0 Å². The van der Waals surface area contributed by atoms with Gasteiger partial charge in [-0.15, -0.1) is 0 Å². The molecule has 1 aliphatic rings. The Morgan fingerprint density at radius 3 is 2.00 bits per heavy atom. The van der Waals surface area contributed by atoms with Gasteiger partial charge in [-0.3, -0.25) is 0 Å². The van der Waals surface area contributed by atoms with Crippen LogP contribution in [-0.4, -0.2) is 22.2 Å². The molecule has 0 radical (unpaired) electrons. The minimum atomic E-state index is -1.19. The van der Waals surface area contributed by atoms with Gasteiger partial charge in [-0.25, -0.2) is 9.59 Å². The van der Waals surface area contributed by atoms with Crippen molar-refractivity contribution in [3.05, 3.63) is 93.6 Å². The maximum Gasteiger partial charge on any atom is 0.423 e. The van der Waals surface area contributed by atoms with Crippen LogP contribution in [0.5, 0.6) is 23.0 Å². The van der Waals surface area contributed by atoms with Gasteiger partial charge >= 0.3 is 11.9 Å². The normalized spacial score (nSPS) is 16.1. The van der Waals surface area contributed by atoms with Gasteiger partial charge in [-0.05, 0) is 134 Å². The number of phenols is 2. The van der Waals surface area contributed by atoms with Gasteiger partial charge < -0.3 is 19.7 Å². The zero-order chi connectivity index (χ0) is 36.8. The second kappa shape index (κ2) is 20.0. The molecule has 0 heterocycles. The van der Waals surface area contributed by atoms with Crippen LogP contribution in [-0.2, 0) is 28.9 Å². The maximum atomic E-state index is 13.6. The molecule has 3 rings (SSSR count). The first kappa shape index (κ1) is 40.4. The molecule has 0 amide bonds. The van der Waals surface area contributed by atoms with Crippen LogP contribution in [0.3, 0.4) is 0 Å². The van der Waals surface area contributed by atoms with Gasteiger partial charge in [0.2, 0.25) is 0 Å². The van der Waals surface area contributed by atoms with Crippen LogP contribution in [0.15, 0.2) is 71.4 Å². The van der Waals surface area contributed by atoms with Gasteiger partial charge in [-0.2, -0.15) is 0 Å². The van der Waals surface area contributed by atoms with Gasteiger partial charge in [0, 0.05) is 17.0 Å². The number of aryl methyl sites for hydroxylation is 2. The number of hydrogen-bond acceptors (Lipinski definition) is 6. The summed E-state index contributed by atoms with van der Waals surface area (Å²) in [7, 11) is 0. The fourth-order valence-corrected chi connectivity index (χ4v) is 6.67. The van der Waals surface area contributed by atoms with Gasteiger partial charge in [0.05, 0.1) is 0 Å². The van der Waals surface area contributed by atoms with Gasteiger partial charge in [0.25, 0.3) is 0 Å². The van der Waals surface area contributed by atoms with Crippen molar-refractivity contribution >= 4 is 11.9 Å². The maximum absolute atomic E-state index is 13.6. The standard InChI is InChI=1S/C44H60O6/c1-9-11-13-18-33-25-38(45)36(23-20-31(7)17-15-16-29(3)4)40(27-33)49-43(47)44(48)50-41-28-34(19-14-12-10-2)26-39(46)42(41)37-24-32(8)21-22-35(37)30(5)6/h16,20,24-28,35,37,45-46H,5,9-15,17-19,21-23H2,1-4,6-8H3/b31-20+/t35-,37+/m0/s1. The summed E-state index contributed by atoms with van der Waals surface area (Å²) in [5, 5.41) is 22.5. The van der Waals surface area contributed by atoms with E-state index >= 15 is 0 Å². The molecule has 6 heteroatoms. The van der Waals surface area contributed by atoms with Crippen LogP contribution < -0.4 is 9.47 Å². The number of allylic oxidation sites excluding steroid dienone is 7. The third-order valence-electron chi connectivity index (χ3n) is 9.59. The molecule has 2 aromatic rings. The van der Waals surface area contributed by atoms with E-state index in [4.69, 9.17) is 9.47 Å². The van der Waals surface area contributed by atoms with Crippen LogP contribution in [0, 0.1) is 5.92 Å². The minimum absolute atomic E-state index is 0.0285. The van der Waals surface area contributed by atoms with Crippen LogP contribution in [0.2, 0.25) is 0 Å². The summed E-state index contributed by atoms with van der Waals surface area (Å²) in [5.41, 5.74) is 7.16. The number of hydrogen-bond donors (Lipinski definition) is 2. The minimum Gasteiger partial charge on any atom is -0.508 e. The van der Waals surface area contributed by atoms with Crippen molar-refractivity contribution in [2.24, 2.45) is 5.92 Å².